The van der Waals surface area contributed by atoms with Crippen LogP contribution in [0.1, 0.15) is 13.3 Å². The highest BCUT2D eigenvalue weighted by Crippen LogP contribution is 2.30. The molecule has 0 aliphatic rings. The summed E-state index contributed by atoms with van der Waals surface area (Å²) >= 11 is 0. The van der Waals surface area contributed by atoms with Crippen LogP contribution in [0.2, 0.25) is 0 Å². The number of ether oxygens (including phenoxy) is 2. The Hall–Kier alpha value is -2.30. The van der Waals surface area contributed by atoms with Crippen molar-refractivity contribution in [3.8, 4) is 17.4 Å². The van der Waals surface area contributed by atoms with E-state index in [1.165, 1.54) is 12.4 Å². The molecule has 1 heterocycles. The van der Waals surface area contributed by atoms with Gasteiger partial charge >= 0.3 is 0 Å². The number of rotatable bonds is 5. The highest BCUT2D eigenvalue weighted by atomic mass is 16.5. The lowest BCUT2D eigenvalue weighted by atomic mass is 10.3. The van der Waals surface area contributed by atoms with Crippen molar-refractivity contribution in [3.05, 3.63) is 36.7 Å². The number of nitrogen functional groups attached to an aromatic ring is 1. The molecule has 0 saturated heterocycles. The van der Waals surface area contributed by atoms with Crippen molar-refractivity contribution in [1.29, 1.82) is 0 Å². The van der Waals surface area contributed by atoms with Crippen molar-refractivity contribution in [2.75, 3.05) is 12.3 Å². The fourth-order valence-electron chi connectivity index (χ4n) is 1.39. The summed E-state index contributed by atoms with van der Waals surface area (Å²) in [4.78, 5) is 7.95. The normalized spacial score (nSPS) is 10.1. The summed E-state index contributed by atoms with van der Waals surface area (Å²) in [6.07, 6.45) is 3.91. The van der Waals surface area contributed by atoms with Crippen LogP contribution in [0.3, 0.4) is 0 Å². The summed E-state index contributed by atoms with van der Waals surface area (Å²) in [5.74, 6) is 1.96. The van der Waals surface area contributed by atoms with Gasteiger partial charge in [0.2, 0.25) is 5.88 Å². The maximum Gasteiger partial charge on any atom is 0.239 e. The minimum Gasteiger partial charge on any atom is -0.490 e. The van der Waals surface area contributed by atoms with E-state index in [2.05, 4.69) is 9.97 Å². The first kappa shape index (κ1) is 12.2. The second-order valence-corrected chi connectivity index (χ2v) is 3.68. The molecule has 0 aliphatic heterocycles. The predicted molar refractivity (Wildman–Crippen MR) is 68.7 cm³/mol. The summed E-state index contributed by atoms with van der Waals surface area (Å²) in [5.41, 5.74) is 5.55. The Labute approximate surface area is 106 Å². The predicted octanol–water partition coefficient (Wildman–Crippen LogP) is 2.64. The third-order valence-electron chi connectivity index (χ3n) is 2.16. The van der Waals surface area contributed by atoms with Crippen molar-refractivity contribution < 1.29 is 9.47 Å². The molecule has 1 aromatic heterocycles. The highest BCUT2D eigenvalue weighted by molar-refractivity contribution is 5.41. The summed E-state index contributed by atoms with van der Waals surface area (Å²) in [7, 11) is 0. The van der Waals surface area contributed by atoms with Gasteiger partial charge in [0.25, 0.3) is 0 Å². The van der Waals surface area contributed by atoms with Crippen molar-refractivity contribution in [2.45, 2.75) is 13.3 Å². The Bertz CT molecular complexity index is 517. The fourth-order valence-corrected chi connectivity index (χ4v) is 1.39. The Morgan fingerprint density at radius 1 is 1.17 bits per heavy atom. The van der Waals surface area contributed by atoms with Gasteiger partial charge in [0, 0.05) is 0 Å². The number of para-hydroxylation sites is 2. The Morgan fingerprint density at radius 3 is 2.67 bits per heavy atom. The van der Waals surface area contributed by atoms with E-state index in [9.17, 15) is 0 Å². The number of nitrogens with zero attached hydrogens (tertiary/aromatic N) is 2. The molecule has 0 atom stereocenters. The zero-order chi connectivity index (χ0) is 12.8. The van der Waals surface area contributed by atoms with Crippen LogP contribution in [0.5, 0.6) is 17.4 Å². The van der Waals surface area contributed by atoms with E-state index >= 15 is 0 Å². The zero-order valence-corrected chi connectivity index (χ0v) is 10.2. The molecular formula is C13H15N3O2. The third kappa shape index (κ3) is 3.10. The second-order valence-electron chi connectivity index (χ2n) is 3.68. The van der Waals surface area contributed by atoms with Gasteiger partial charge in [-0.25, -0.2) is 0 Å². The van der Waals surface area contributed by atoms with Crippen LogP contribution in [0.25, 0.3) is 0 Å². The summed E-state index contributed by atoms with van der Waals surface area (Å²) < 4.78 is 11.2. The largest absolute Gasteiger partial charge is 0.490 e. The van der Waals surface area contributed by atoms with Crippen LogP contribution in [0.4, 0.5) is 5.82 Å². The van der Waals surface area contributed by atoms with E-state index in [0.29, 0.717) is 29.8 Å². The monoisotopic (exact) mass is 245 g/mol. The van der Waals surface area contributed by atoms with E-state index in [0.717, 1.165) is 6.42 Å². The highest BCUT2D eigenvalue weighted by Gasteiger charge is 2.06. The van der Waals surface area contributed by atoms with Gasteiger partial charge in [-0.05, 0) is 18.6 Å². The molecule has 2 N–H and O–H groups in total. The topological polar surface area (TPSA) is 70.3 Å². The van der Waals surface area contributed by atoms with Gasteiger partial charge in [0.05, 0.1) is 19.0 Å². The molecule has 0 aliphatic carbocycles. The molecule has 0 saturated carbocycles. The van der Waals surface area contributed by atoms with Crippen molar-refractivity contribution in [1.82, 2.24) is 9.97 Å². The van der Waals surface area contributed by atoms with Crippen LogP contribution < -0.4 is 15.2 Å². The first-order chi connectivity index (χ1) is 8.79. The number of aromatic nitrogens is 2. The quantitative estimate of drug-likeness (QED) is 0.876. The van der Waals surface area contributed by atoms with Gasteiger partial charge in [-0.15, -0.1) is 0 Å². The summed E-state index contributed by atoms with van der Waals surface area (Å²) in [6.45, 7) is 2.69. The molecule has 1 aromatic carbocycles. The van der Waals surface area contributed by atoms with E-state index in [1.54, 1.807) is 0 Å². The SMILES string of the molecule is CCCOc1ccccc1Oc1cncc(N)n1. The van der Waals surface area contributed by atoms with Crippen LogP contribution >= 0.6 is 0 Å². The first-order valence-corrected chi connectivity index (χ1v) is 5.77. The maximum absolute atomic E-state index is 5.61. The average Bonchev–Trinajstić information content (AvgIpc) is 2.38. The van der Waals surface area contributed by atoms with E-state index in [4.69, 9.17) is 15.2 Å². The molecule has 2 rings (SSSR count). The standard InChI is InChI=1S/C13H15N3O2/c1-2-7-17-10-5-3-4-6-11(10)18-13-9-15-8-12(14)16-13/h3-6,8-9H,2,7H2,1H3,(H2,14,16). The van der Waals surface area contributed by atoms with Crippen LogP contribution in [-0.2, 0) is 0 Å². The van der Waals surface area contributed by atoms with Gasteiger partial charge in [0.1, 0.15) is 5.82 Å². The van der Waals surface area contributed by atoms with Crippen molar-refractivity contribution in [3.63, 3.8) is 0 Å². The molecule has 0 fully saturated rings. The molecule has 5 nitrogen and oxygen atoms in total. The smallest absolute Gasteiger partial charge is 0.239 e. The molecule has 0 spiro atoms. The zero-order valence-electron chi connectivity index (χ0n) is 10.2. The van der Waals surface area contributed by atoms with Crippen LogP contribution in [0, 0.1) is 0 Å². The molecule has 0 bridgehead atoms. The maximum atomic E-state index is 5.61. The number of benzene rings is 1. The van der Waals surface area contributed by atoms with Crippen LogP contribution in [-0.4, -0.2) is 16.6 Å². The van der Waals surface area contributed by atoms with Gasteiger partial charge in [0.15, 0.2) is 11.5 Å². The summed E-state index contributed by atoms with van der Waals surface area (Å²) in [5, 5.41) is 0. The van der Waals surface area contributed by atoms with Gasteiger partial charge < -0.3 is 15.2 Å². The Morgan fingerprint density at radius 2 is 1.94 bits per heavy atom. The van der Waals surface area contributed by atoms with Gasteiger partial charge in [-0.3, -0.25) is 4.98 Å². The van der Waals surface area contributed by atoms with Crippen LogP contribution in [0.15, 0.2) is 36.7 Å². The molecule has 0 radical (unpaired) electrons. The minimum atomic E-state index is 0.319. The molecule has 0 amide bonds. The molecule has 0 unspecified atom stereocenters. The van der Waals surface area contributed by atoms with Crippen molar-refractivity contribution in [2.24, 2.45) is 0 Å². The minimum absolute atomic E-state index is 0.319. The number of anilines is 1. The first-order valence-electron chi connectivity index (χ1n) is 5.77. The third-order valence-corrected chi connectivity index (χ3v) is 2.16. The lowest BCUT2D eigenvalue weighted by Crippen LogP contribution is -1.99. The Balaban J connectivity index is 2.17. The molecule has 5 heteroatoms. The lowest BCUT2D eigenvalue weighted by molar-refractivity contribution is 0.300. The van der Waals surface area contributed by atoms with E-state index in [1.807, 2.05) is 31.2 Å². The second kappa shape index (κ2) is 5.86. The molecular weight excluding hydrogens is 230 g/mol. The number of hydrogen-bond acceptors (Lipinski definition) is 5. The number of nitrogens with two attached hydrogens (primary N) is 1. The Kier molecular flexibility index (Phi) is 3.96. The van der Waals surface area contributed by atoms with E-state index in [-0.39, 0.29) is 0 Å². The van der Waals surface area contributed by atoms with Gasteiger partial charge in [-0.2, -0.15) is 4.98 Å². The summed E-state index contributed by atoms with van der Waals surface area (Å²) in [6, 6.07) is 7.43. The molecule has 94 valence electrons. The fraction of sp³-hybridized carbons (Fsp3) is 0.231. The van der Waals surface area contributed by atoms with Crippen molar-refractivity contribution >= 4 is 5.82 Å². The average molecular weight is 245 g/mol. The molecule has 18 heavy (non-hydrogen) atoms. The molecule has 2 aromatic rings. The van der Waals surface area contributed by atoms with E-state index < -0.39 is 0 Å². The van der Waals surface area contributed by atoms with Gasteiger partial charge in [-0.1, -0.05) is 19.1 Å². The number of hydrogen-bond donors (Lipinski definition) is 1. The lowest BCUT2D eigenvalue weighted by Gasteiger charge is -2.10.